The van der Waals surface area contributed by atoms with E-state index in [9.17, 15) is 4.79 Å². The third kappa shape index (κ3) is 8.55. The van der Waals surface area contributed by atoms with Crippen molar-refractivity contribution in [3.8, 4) is 0 Å². The van der Waals surface area contributed by atoms with Crippen molar-refractivity contribution >= 4 is 17.4 Å². The van der Waals surface area contributed by atoms with Crippen molar-refractivity contribution in [1.82, 2.24) is 0 Å². The fourth-order valence-electron chi connectivity index (χ4n) is 1.46. The number of carbonyl (C=O) groups is 1. The Balaban J connectivity index is 3.10. The normalized spacial score (nSPS) is 12.8. The van der Waals surface area contributed by atoms with Crippen molar-refractivity contribution in [2.24, 2.45) is 0 Å². The second-order valence-electron chi connectivity index (χ2n) is 3.95. The van der Waals surface area contributed by atoms with Crippen molar-refractivity contribution in [2.45, 2.75) is 70.6 Å². The van der Waals surface area contributed by atoms with Crippen LogP contribution >= 0.6 is 11.6 Å². The summed E-state index contributed by atoms with van der Waals surface area (Å²) in [7, 11) is 0. The maximum Gasteiger partial charge on any atom is 0.150 e. The van der Waals surface area contributed by atoms with Gasteiger partial charge >= 0.3 is 0 Å². The van der Waals surface area contributed by atoms with Gasteiger partial charge in [0, 0.05) is 6.42 Å². The fourth-order valence-corrected chi connectivity index (χ4v) is 1.56. The molecule has 1 unspecified atom stereocenters. The Morgan fingerprint density at radius 2 is 1.57 bits per heavy atom. The van der Waals surface area contributed by atoms with Crippen molar-refractivity contribution in [1.29, 1.82) is 0 Å². The van der Waals surface area contributed by atoms with Crippen LogP contribution in [0.4, 0.5) is 0 Å². The van der Waals surface area contributed by atoms with E-state index in [0.717, 1.165) is 6.42 Å². The summed E-state index contributed by atoms with van der Waals surface area (Å²) in [5, 5.41) is -0.296. The largest absolute Gasteiger partial charge is 0.298 e. The molecule has 0 aromatic heterocycles. The minimum absolute atomic E-state index is 0.195. The molecule has 0 rings (SSSR count). The first-order valence-corrected chi connectivity index (χ1v) is 6.29. The molecular formula is C12H23ClO. The third-order valence-electron chi connectivity index (χ3n) is 2.47. The molecule has 0 aliphatic carbocycles. The summed E-state index contributed by atoms with van der Waals surface area (Å²) in [4.78, 5) is 11.1. The SMILES string of the molecule is CCCCCCCCCC(=O)C(C)Cl. The predicted molar refractivity (Wildman–Crippen MR) is 62.9 cm³/mol. The molecule has 0 heterocycles. The number of alkyl halides is 1. The lowest BCUT2D eigenvalue weighted by Gasteiger charge is -2.02. The predicted octanol–water partition coefficient (Wildman–Crippen LogP) is 4.32. The van der Waals surface area contributed by atoms with Crippen LogP contribution in [0.3, 0.4) is 0 Å². The van der Waals surface area contributed by atoms with Gasteiger partial charge in [0.05, 0.1) is 5.38 Å². The van der Waals surface area contributed by atoms with Crippen LogP contribution in [0.5, 0.6) is 0 Å². The number of rotatable bonds is 9. The van der Waals surface area contributed by atoms with Gasteiger partial charge in [0.2, 0.25) is 0 Å². The molecule has 0 saturated heterocycles. The number of hydrogen-bond acceptors (Lipinski definition) is 1. The van der Waals surface area contributed by atoms with E-state index in [1.54, 1.807) is 6.92 Å². The van der Waals surface area contributed by atoms with E-state index in [1.807, 2.05) is 0 Å². The van der Waals surface area contributed by atoms with Crippen molar-refractivity contribution in [3.63, 3.8) is 0 Å². The minimum Gasteiger partial charge on any atom is -0.298 e. The Bertz CT molecular complexity index is 143. The van der Waals surface area contributed by atoms with Gasteiger partial charge in [-0.1, -0.05) is 45.4 Å². The van der Waals surface area contributed by atoms with Crippen LogP contribution < -0.4 is 0 Å². The highest BCUT2D eigenvalue weighted by Gasteiger charge is 2.07. The monoisotopic (exact) mass is 218 g/mol. The van der Waals surface area contributed by atoms with Gasteiger partial charge in [-0.05, 0) is 13.3 Å². The molecule has 0 spiro atoms. The lowest BCUT2D eigenvalue weighted by Crippen LogP contribution is -2.09. The Morgan fingerprint density at radius 3 is 2.07 bits per heavy atom. The lowest BCUT2D eigenvalue weighted by molar-refractivity contribution is -0.118. The Morgan fingerprint density at radius 1 is 1.07 bits per heavy atom. The van der Waals surface area contributed by atoms with E-state index >= 15 is 0 Å². The molecule has 84 valence electrons. The maximum absolute atomic E-state index is 11.1. The molecule has 0 N–H and O–H groups in total. The molecule has 0 radical (unpaired) electrons. The number of ketones is 1. The van der Waals surface area contributed by atoms with Gasteiger partial charge in [0.15, 0.2) is 0 Å². The molecule has 0 aromatic rings. The zero-order valence-electron chi connectivity index (χ0n) is 9.52. The Hall–Kier alpha value is -0.0400. The van der Waals surface area contributed by atoms with Crippen LogP contribution in [0, 0.1) is 0 Å². The van der Waals surface area contributed by atoms with Crippen LogP contribution in [-0.2, 0) is 4.79 Å². The first-order valence-electron chi connectivity index (χ1n) is 5.85. The molecule has 1 nitrogen and oxygen atoms in total. The summed E-state index contributed by atoms with van der Waals surface area (Å²) >= 11 is 5.66. The first kappa shape index (κ1) is 14.0. The number of hydrogen-bond donors (Lipinski definition) is 0. The van der Waals surface area contributed by atoms with E-state index in [-0.39, 0.29) is 11.2 Å². The molecule has 0 aliphatic rings. The van der Waals surface area contributed by atoms with E-state index < -0.39 is 0 Å². The smallest absolute Gasteiger partial charge is 0.150 e. The zero-order valence-corrected chi connectivity index (χ0v) is 10.3. The number of carbonyl (C=O) groups excluding carboxylic acids is 1. The number of unbranched alkanes of at least 4 members (excludes halogenated alkanes) is 6. The van der Waals surface area contributed by atoms with Crippen LogP contribution in [0.2, 0.25) is 0 Å². The highest BCUT2D eigenvalue weighted by Crippen LogP contribution is 2.10. The van der Waals surface area contributed by atoms with E-state index in [1.165, 1.54) is 38.5 Å². The highest BCUT2D eigenvalue weighted by atomic mass is 35.5. The number of Topliss-reactive ketones (excluding diaryl/α,β-unsaturated/α-hetero) is 1. The highest BCUT2D eigenvalue weighted by molar-refractivity contribution is 6.30. The molecule has 0 aromatic carbocycles. The second kappa shape index (κ2) is 9.51. The summed E-state index contributed by atoms with van der Waals surface area (Å²) in [6.45, 7) is 3.98. The molecule has 0 aliphatic heterocycles. The first-order chi connectivity index (χ1) is 6.68. The molecule has 14 heavy (non-hydrogen) atoms. The summed E-state index contributed by atoms with van der Waals surface area (Å²) in [5.41, 5.74) is 0. The van der Waals surface area contributed by atoms with Crippen molar-refractivity contribution in [2.75, 3.05) is 0 Å². The molecule has 0 bridgehead atoms. The molecule has 0 amide bonds. The average molecular weight is 219 g/mol. The van der Waals surface area contributed by atoms with Crippen molar-refractivity contribution in [3.05, 3.63) is 0 Å². The number of halogens is 1. The fraction of sp³-hybridized carbons (Fsp3) is 0.917. The summed E-state index contributed by atoms with van der Waals surface area (Å²) in [6, 6.07) is 0. The van der Waals surface area contributed by atoms with Crippen LogP contribution in [0.1, 0.15) is 65.2 Å². The quantitative estimate of drug-likeness (QED) is 0.416. The molecular weight excluding hydrogens is 196 g/mol. The molecule has 2 heteroatoms. The van der Waals surface area contributed by atoms with Crippen molar-refractivity contribution < 1.29 is 4.79 Å². The van der Waals surface area contributed by atoms with Gasteiger partial charge in [0.1, 0.15) is 5.78 Å². The zero-order chi connectivity index (χ0) is 10.8. The molecule has 0 fully saturated rings. The van der Waals surface area contributed by atoms with Crippen LogP contribution in [-0.4, -0.2) is 11.2 Å². The topological polar surface area (TPSA) is 17.1 Å². The second-order valence-corrected chi connectivity index (χ2v) is 4.61. The van der Waals surface area contributed by atoms with Gasteiger partial charge in [0.25, 0.3) is 0 Å². The van der Waals surface area contributed by atoms with E-state index in [0.29, 0.717) is 6.42 Å². The van der Waals surface area contributed by atoms with Crippen LogP contribution in [0.25, 0.3) is 0 Å². The average Bonchev–Trinajstić information content (AvgIpc) is 2.16. The van der Waals surface area contributed by atoms with Gasteiger partial charge in [-0.15, -0.1) is 11.6 Å². The summed E-state index contributed by atoms with van der Waals surface area (Å²) < 4.78 is 0. The maximum atomic E-state index is 11.1. The molecule has 0 saturated carbocycles. The summed E-state index contributed by atoms with van der Waals surface area (Å²) in [6.07, 6.45) is 9.43. The van der Waals surface area contributed by atoms with E-state index in [2.05, 4.69) is 6.92 Å². The van der Waals surface area contributed by atoms with E-state index in [4.69, 9.17) is 11.6 Å². The van der Waals surface area contributed by atoms with Gasteiger partial charge in [-0.2, -0.15) is 0 Å². The van der Waals surface area contributed by atoms with Gasteiger partial charge in [-0.25, -0.2) is 0 Å². The van der Waals surface area contributed by atoms with Gasteiger partial charge < -0.3 is 0 Å². The Kier molecular flexibility index (Phi) is 9.49. The third-order valence-corrected chi connectivity index (χ3v) is 2.71. The van der Waals surface area contributed by atoms with Crippen LogP contribution in [0.15, 0.2) is 0 Å². The molecule has 1 atom stereocenters. The lowest BCUT2D eigenvalue weighted by atomic mass is 10.1. The minimum atomic E-state index is -0.296. The standard InChI is InChI=1S/C12H23ClO/c1-3-4-5-6-7-8-9-10-12(14)11(2)13/h11H,3-10H2,1-2H3. The summed E-state index contributed by atoms with van der Waals surface area (Å²) in [5.74, 6) is 0.195. The Labute approximate surface area is 93.2 Å². The van der Waals surface area contributed by atoms with Gasteiger partial charge in [-0.3, -0.25) is 4.79 Å².